The Bertz CT molecular complexity index is 961. The van der Waals surface area contributed by atoms with Crippen molar-refractivity contribution < 1.29 is 19.5 Å². The van der Waals surface area contributed by atoms with Crippen molar-refractivity contribution in [2.45, 2.75) is 13.8 Å². The Hall–Kier alpha value is -2.93. The number of hydrogen-bond donors (Lipinski definition) is 2. The first-order chi connectivity index (χ1) is 12.3. The molecule has 1 heterocycles. The maximum atomic E-state index is 12.8. The number of nitrogens with one attached hydrogen (secondary N) is 1. The third-order valence-electron chi connectivity index (χ3n) is 3.85. The second-order valence-corrected chi connectivity index (χ2v) is 6.87. The number of benzene rings is 2. The number of urea groups is 1. The molecular formula is C19H15BrN2O4. The highest BCUT2D eigenvalue weighted by molar-refractivity contribution is 9.10. The van der Waals surface area contributed by atoms with Crippen molar-refractivity contribution in [2.24, 2.45) is 0 Å². The Kier molecular flexibility index (Phi) is 4.65. The molecule has 132 valence electrons. The van der Waals surface area contributed by atoms with Gasteiger partial charge in [-0.05, 0) is 76.8 Å². The van der Waals surface area contributed by atoms with Gasteiger partial charge >= 0.3 is 6.03 Å². The number of nitrogens with zero attached hydrogens (tertiary/aromatic N) is 1. The minimum Gasteiger partial charge on any atom is -0.507 e. The number of rotatable bonds is 2. The standard InChI is InChI=1S/C19H15BrN2O4/c1-10-5-11(2)7-13(6-10)22-18(25)14(17(24)21-19(22)26)8-12-3-4-16(23)15(20)9-12/h3-9,23H,1-2H3,(H,21,24,26)/b14-8+. The predicted octanol–water partition coefficient (Wildman–Crippen LogP) is 3.44. The van der Waals surface area contributed by atoms with Gasteiger partial charge in [0.1, 0.15) is 11.3 Å². The van der Waals surface area contributed by atoms with Gasteiger partial charge in [0.05, 0.1) is 10.2 Å². The van der Waals surface area contributed by atoms with Crippen LogP contribution >= 0.6 is 15.9 Å². The molecule has 26 heavy (non-hydrogen) atoms. The summed E-state index contributed by atoms with van der Waals surface area (Å²) >= 11 is 3.19. The molecule has 2 aromatic carbocycles. The largest absolute Gasteiger partial charge is 0.507 e. The molecule has 3 rings (SSSR count). The van der Waals surface area contributed by atoms with Crippen LogP contribution in [0.15, 0.2) is 46.4 Å². The number of hydrogen-bond acceptors (Lipinski definition) is 4. The van der Waals surface area contributed by atoms with Gasteiger partial charge in [-0.15, -0.1) is 0 Å². The number of barbiturate groups is 1. The molecule has 0 atom stereocenters. The number of carbonyl (C=O) groups excluding carboxylic acids is 3. The molecule has 2 aromatic rings. The maximum Gasteiger partial charge on any atom is 0.335 e. The molecular weight excluding hydrogens is 400 g/mol. The first kappa shape index (κ1) is 17.9. The quantitative estimate of drug-likeness (QED) is 0.581. The van der Waals surface area contributed by atoms with E-state index in [4.69, 9.17) is 0 Å². The van der Waals surface area contributed by atoms with Gasteiger partial charge in [-0.3, -0.25) is 14.9 Å². The Labute approximate surface area is 158 Å². The van der Waals surface area contributed by atoms with Gasteiger partial charge in [0.2, 0.25) is 0 Å². The van der Waals surface area contributed by atoms with Crippen LogP contribution in [0.25, 0.3) is 6.08 Å². The predicted molar refractivity (Wildman–Crippen MR) is 101 cm³/mol. The van der Waals surface area contributed by atoms with E-state index in [0.717, 1.165) is 16.0 Å². The van der Waals surface area contributed by atoms with Crippen molar-refractivity contribution in [3.63, 3.8) is 0 Å². The van der Waals surface area contributed by atoms with Crippen LogP contribution in [-0.4, -0.2) is 23.0 Å². The van der Waals surface area contributed by atoms with Crippen LogP contribution in [0.3, 0.4) is 0 Å². The average molecular weight is 415 g/mol. The van der Waals surface area contributed by atoms with E-state index in [0.29, 0.717) is 15.7 Å². The second kappa shape index (κ2) is 6.76. The van der Waals surface area contributed by atoms with Crippen LogP contribution in [0.4, 0.5) is 10.5 Å². The molecule has 2 N–H and O–H groups in total. The van der Waals surface area contributed by atoms with Gasteiger partial charge in [-0.25, -0.2) is 9.69 Å². The molecule has 0 aliphatic carbocycles. The van der Waals surface area contributed by atoms with Crippen molar-refractivity contribution >= 4 is 45.5 Å². The Morgan fingerprint density at radius 1 is 1.04 bits per heavy atom. The summed E-state index contributed by atoms with van der Waals surface area (Å²) in [5, 5.41) is 11.8. The number of phenols is 1. The average Bonchev–Trinajstić information content (AvgIpc) is 2.53. The summed E-state index contributed by atoms with van der Waals surface area (Å²) in [6.45, 7) is 3.72. The van der Waals surface area contributed by atoms with Crippen LogP contribution < -0.4 is 10.2 Å². The molecule has 0 saturated carbocycles. The fraction of sp³-hybridized carbons (Fsp3) is 0.105. The minimum absolute atomic E-state index is 0.0404. The van der Waals surface area contributed by atoms with E-state index < -0.39 is 17.8 Å². The van der Waals surface area contributed by atoms with Crippen molar-refractivity contribution in [2.75, 3.05) is 4.90 Å². The van der Waals surface area contributed by atoms with Crippen molar-refractivity contribution in [1.82, 2.24) is 5.32 Å². The van der Waals surface area contributed by atoms with Crippen LogP contribution in [0.5, 0.6) is 5.75 Å². The zero-order valence-corrected chi connectivity index (χ0v) is 15.6. The van der Waals surface area contributed by atoms with E-state index in [1.165, 1.54) is 12.1 Å². The van der Waals surface area contributed by atoms with E-state index in [-0.39, 0.29) is 11.3 Å². The lowest BCUT2D eigenvalue weighted by atomic mass is 10.1. The van der Waals surface area contributed by atoms with Gasteiger partial charge in [-0.2, -0.15) is 0 Å². The third kappa shape index (κ3) is 3.39. The topological polar surface area (TPSA) is 86.7 Å². The number of imide groups is 2. The summed E-state index contributed by atoms with van der Waals surface area (Å²) in [5.74, 6) is -1.42. The summed E-state index contributed by atoms with van der Waals surface area (Å²) in [6.07, 6.45) is 1.38. The van der Waals surface area contributed by atoms with Gasteiger partial charge in [0.25, 0.3) is 11.8 Å². The summed E-state index contributed by atoms with van der Waals surface area (Å²) in [7, 11) is 0. The molecule has 7 heteroatoms. The molecule has 1 aliphatic rings. The molecule has 4 amide bonds. The number of phenolic OH excluding ortho intramolecular Hbond substituents is 1. The monoisotopic (exact) mass is 414 g/mol. The first-order valence-electron chi connectivity index (χ1n) is 7.74. The normalized spacial score (nSPS) is 16.2. The SMILES string of the molecule is Cc1cc(C)cc(N2C(=O)NC(=O)/C(=C\c3ccc(O)c(Br)c3)C2=O)c1. The lowest BCUT2D eigenvalue weighted by Gasteiger charge is -2.27. The second-order valence-electron chi connectivity index (χ2n) is 6.01. The number of aromatic hydroxyl groups is 1. The maximum absolute atomic E-state index is 12.8. The number of halogens is 1. The molecule has 0 unspecified atom stereocenters. The Balaban J connectivity index is 2.05. The van der Waals surface area contributed by atoms with E-state index in [9.17, 15) is 19.5 Å². The third-order valence-corrected chi connectivity index (χ3v) is 4.48. The molecule has 1 saturated heterocycles. The van der Waals surface area contributed by atoms with E-state index in [1.807, 2.05) is 19.9 Å². The molecule has 0 spiro atoms. The number of carbonyl (C=O) groups is 3. The summed E-state index contributed by atoms with van der Waals surface area (Å²) < 4.78 is 0.428. The van der Waals surface area contributed by atoms with E-state index in [1.54, 1.807) is 24.3 Å². The summed E-state index contributed by atoms with van der Waals surface area (Å²) in [4.78, 5) is 38.2. The highest BCUT2D eigenvalue weighted by Gasteiger charge is 2.36. The zero-order chi connectivity index (χ0) is 19.0. The summed E-state index contributed by atoms with van der Waals surface area (Å²) in [6, 6.07) is 9.12. The fourth-order valence-electron chi connectivity index (χ4n) is 2.75. The van der Waals surface area contributed by atoms with Crippen LogP contribution in [0, 0.1) is 13.8 Å². The van der Waals surface area contributed by atoms with Gasteiger partial charge in [0.15, 0.2) is 0 Å². The number of aryl methyl sites for hydroxylation is 2. The molecule has 1 aliphatic heterocycles. The number of amides is 4. The lowest BCUT2D eigenvalue weighted by Crippen LogP contribution is -2.54. The summed E-state index contributed by atoms with van der Waals surface area (Å²) in [5.41, 5.74) is 2.55. The molecule has 0 aromatic heterocycles. The van der Waals surface area contributed by atoms with E-state index in [2.05, 4.69) is 21.2 Å². The van der Waals surface area contributed by atoms with Gasteiger partial charge in [-0.1, -0.05) is 12.1 Å². The lowest BCUT2D eigenvalue weighted by molar-refractivity contribution is -0.122. The van der Waals surface area contributed by atoms with Gasteiger partial charge < -0.3 is 5.11 Å². The fourth-order valence-corrected chi connectivity index (χ4v) is 3.15. The minimum atomic E-state index is -0.783. The zero-order valence-electron chi connectivity index (χ0n) is 14.0. The molecule has 0 bridgehead atoms. The molecule has 0 radical (unpaired) electrons. The van der Waals surface area contributed by atoms with Crippen molar-refractivity contribution in [3.05, 3.63) is 63.1 Å². The molecule has 6 nitrogen and oxygen atoms in total. The Morgan fingerprint density at radius 3 is 2.31 bits per heavy atom. The van der Waals surface area contributed by atoms with E-state index >= 15 is 0 Å². The Morgan fingerprint density at radius 2 is 1.69 bits per heavy atom. The van der Waals surface area contributed by atoms with Crippen LogP contribution in [0.2, 0.25) is 0 Å². The van der Waals surface area contributed by atoms with Crippen molar-refractivity contribution in [1.29, 1.82) is 0 Å². The first-order valence-corrected chi connectivity index (χ1v) is 8.54. The molecule has 1 fully saturated rings. The number of anilines is 1. The van der Waals surface area contributed by atoms with Crippen LogP contribution in [-0.2, 0) is 9.59 Å². The smallest absolute Gasteiger partial charge is 0.335 e. The van der Waals surface area contributed by atoms with Gasteiger partial charge in [0, 0.05) is 0 Å². The van der Waals surface area contributed by atoms with Crippen molar-refractivity contribution in [3.8, 4) is 5.75 Å². The highest BCUT2D eigenvalue weighted by Crippen LogP contribution is 2.27. The highest BCUT2D eigenvalue weighted by atomic mass is 79.9. The van der Waals surface area contributed by atoms with Crippen LogP contribution in [0.1, 0.15) is 16.7 Å².